The molecule has 0 aliphatic carbocycles. The highest BCUT2D eigenvalue weighted by Gasteiger charge is 2.11. The minimum absolute atomic E-state index is 0.0839. The summed E-state index contributed by atoms with van der Waals surface area (Å²) < 4.78 is 1.83. The van der Waals surface area contributed by atoms with Gasteiger partial charge in [-0.25, -0.2) is 4.68 Å². The number of halogens is 1. The molecule has 0 saturated carbocycles. The van der Waals surface area contributed by atoms with Crippen LogP contribution in [0.4, 0.5) is 0 Å². The molecule has 0 unspecified atom stereocenters. The monoisotopic (exact) mass is 298 g/mol. The van der Waals surface area contributed by atoms with E-state index in [1.165, 1.54) is 5.56 Å². The molecule has 3 aromatic rings. The van der Waals surface area contributed by atoms with Crippen LogP contribution in [-0.2, 0) is 6.61 Å². The van der Waals surface area contributed by atoms with Gasteiger partial charge >= 0.3 is 0 Å². The van der Waals surface area contributed by atoms with Crippen molar-refractivity contribution in [2.45, 2.75) is 13.5 Å². The van der Waals surface area contributed by atoms with E-state index >= 15 is 0 Å². The van der Waals surface area contributed by atoms with Crippen molar-refractivity contribution in [2.24, 2.45) is 0 Å². The molecule has 4 heteroatoms. The van der Waals surface area contributed by atoms with Crippen LogP contribution < -0.4 is 0 Å². The van der Waals surface area contributed by atoms with Gasteiger partial charge < -0.3 is 5.11 Å². The van der Waals surface area contributed by atoms with Crippen LogP contribution in [0.2, 0.25) is 5.02 Å². The summed E-state index contributed by atoms with van der Waals surface area (Å²) in [6.07, 6.45) is 0. The van der Waals surface area contributed by atoms with Crippen LogP contribution in [0.1, 0.15) is 11.3 Å². The summed E-state index contributed by atoms with van der Waals surface area (Å²) in [6, 6.07) is 17.6. The summed E-state index contributed by atoms with van der Waals surface area (Å²) in [5, 5.41) is 14.5. The van der Waals surface area contributed by atoms with Crippen LogP contribution in [0, 0.1) is 6.92 Å². The molecule has 0 amide bonds. The van der Waals surface area contributed by atoms with Gasteiger partial charge in [-0.1, -0.05) is 41.4 Å². The Bertz CT molecular complexity index is 682. The normalized spacial score (nSPS) is 10.8. The first kappa shape index (κ1) is 13.9. The zero-order valence-electron chi connectivity index (χ0n) is 11.6. The lowest BCUT2D eigenvalue weighted by atomic mass is 10.1. The molecule has 0 radical (unpaired) electrons. The molecule has 106 valence electrons. The third-order valence-electron chi connectivity index (χ3n) is 3.34. The van der Waals surface area contributed by atoms with Crippen molar-refractivity contribution in [3.05, 3.63) is 70.9 Å². The SMILES string of the molecule is Cc1ccc(-c2cc(CO)nn2-c2ccc(Cl)cc2)cc1. The third-order valence-corrected chi connectivity index (χ3v) is 3.59. The van der Waals surface area contributed by atoms with E-state index in [-0.39, 0.29) is 6.61 Å². The Labute approximate surface area is 128 Å². The van der Waals surface area contributed by atoms with Gasteiger partial charge in [0.1, 0.15) is 0 Å². The Morgan fingerprint density at radius 3 is 2.33 bits per heavy atom. The van der Waals surface area contributed by atoms with E-state index in [9.17, 15) is 5.11 Å². The van der Waals surface area contributed by atoms with E-state index in [4.69, 9.17) is 11.6 Å². The van der Waals surface area contributed by atoms with Crippen LogP contribution in [0.5, 0.6) is 0 Å². The van der Waals surface area contributed by atoms with Gasteiger partial charge in [0, 0.05) is 10.6 Å². The molecule has 0 aliphatic rings. The molecular formula is C17H15ClN2O. The van der Waals surface area contributed by atoms with Crippen molar-refractivity contribution in [2.75, 3.05) is 0 Å². The van der Waals surface area contributed by atoms with Crippen molar-refractivity contribution in [1.82, 2.24) is 9.78 Å². The predicted molar refractivity (Wildman–Crippen MR) is 84.7 cm³/mol. The quantitative estimate of drug-likeness (QED) is 0.794. The molecule has 0 saturated heterocycles. The Morgan fingerprint density at radius 2 is 1.71 bits per heavy atom. The number of aliphatic hydroxyl groups is 1. The molecule has 0 aliphatic heterocycles. The topological polar surface area (TPSA) is 38.1 Å². The molecule has 1 N–H and O–H groups in total. The Morgan fingerprint density at radius 1 is 1.05 bits per heavy atom. The van der Waals surface area contributed by atoms with Gasteiger partial charge in [0.15, 0.2) is 0 Å². The Hall–Kier alpha value is -2.10. The minimum Gasteiger partial charge on any atom is -0.390 e. The molecule has 2 aromatic carbocycles. The number of rotatable bonds is 3. The van der Waals surface area contributed by atoms with E-state index < -0.39 is 0 Å². The first-order chi connectivity index (χ1) is 10.2. The number of aromatic nitrogens is 2. The number of hydrogen-bond acceptors (Lipinski definition) is 2. The minimum atomic E-state index is -0.0839. The number of hydrogen-bond donors (Lipinski definition) is 1. The van der Waals surface area contributed by atoms with Gasteiger partial charge in [-0.15, -0.1) is 0 Å². The Kier molecular flexibility index (Phi) is 3.78. The number of benzene rings is 2. The Balaban J connectivity index is 2.13. The molecule has 3 nitrogen and oxygen atoms in total. The lowest BCUT2D eigenvalue weighted by Crippen LogP contribution is -1.99. The molecule has 3 rings (SSSR count). The largest absolute Gasteiger partial charge is 0.390 e. The van der Waals surface area contributed by atoms with Crippen molar-refractivity contribution < 1.29 is 5.11 Å². The number of nitrogens with zero attached hydrogens (tertiary/aromatic N) is 2. The molecule has 1 aromatic heterocycles. The van der Waals surface area contributed by atoms with Gasteiger partial charge in [-0.2, -0.15) is 5.10 Å². The number of aryl methyl sites for hydroxylation is 1. The second-order valence-electron chi connectivity index (χ2n) is 4.93. The van der Waals surface area contributed by atoms with Crippen LogP contribution in [0.15, 0.2) is 54.6 Å². The zero-order valence-corrected chi connectivity index (χ0v) is 12.4. The molecule has 0 spiro atoms. The maximum absolute atomic E-state index is 9.36. The molecule has 0 atom stereocenters. The zero-order chi connectivity index (χ0) is 14.8. The van der Waals surface area contributed by atoms with Crippen molar-refractivity contribution in [1.29, 1.82) is 0 Å². The molecule has 21 heavy (non-hydrogen) atoms. The fourth-order valence-corrected chi connectivity index (χ4v) is 2.34. The van der Waals surface area contributed by atoms with Gasteiger partial charge in [0.05, 0.1) is 23.7 Å². The summed E-state index contributed by atoms with van der Waals surface area (Å²) >= 11 is 5.94. The molecule has 0 fully saturated rings. The van der Waals surface area contributed by atoms with E-state index in [1.54, 1.807) is 0 Å². The average molecular weight is 299 g/mol. The summed E-state index contributed by atoms with van der Waals surface area (Å²) in [6.45, 7) is 1.97. The van der Waals surface area contributed by atoms with Crippen LogP contribution in [-0.4, -0.2) is 14.9 Å². The van der Waals surface area contributed by atoms with Crippen LogP contribution in [0.3, 0.4) is 0 Å². The first-order valence-corrected chi connectivity index (χ1v) is 7.08. The molecular weight excluding hydrogens is 284 g/mol. The van der Waals surface area contributed by atoms with Gasteiger partial charge in [0.2, 0.25) is 0 Å². The van der Waals surface area contributed by atoms with Gasteiger partial charge in [-0.05, 0) is 37.3 Å². The van der Waals surface area contributed by atoms with Gasteiger partial charge in [-0.3, -0.25) is 0 Å². The van der Waals surface area contributed by atoms with E-state index in [2.05, 4.69) is 36.3 Å². The highest BCUT2D eigenvalue weighted by Crippen LogP contribution is 2.25. The smallest absolute Gasteiger partial charge is 0.0889 e. The van der Waals surface area contributed by atoms with Crippen molar-refractivity contribution in [3.63, 3.8) is 0 Å². The third kappa shape index (κ3) is 2.84. The average Bonchev–Trinajstić information content (AvgIpc) is 2.93. The predicted octanol–water partition coefficient (Wildman–Crippen LogP) is 3.99. The highest BCUT2D eigenvalue weighted by molar-refractivity contribution is 6.30. The summed E-state index contributed by atoms with van der Waals surface area (Å²) in [5.41, 5.74) is 4.76. The van der Waals surface area contributed by atoms with Crippen LogP contribution >= 0.6 is 11.6 Å². The van der Waals surface area contributed by atoms with E-state index in [0.29, 0.717) is 10.7 Å². The standard InChI is InChI=1S/C17H15ClN2O/c1-12-2-4-13(5-3-12)17-10-15(11-21)19-20(17)16-8-6-14(18)7-9-16/h2-10,21H,11H2,1H3. The maximum Gasteiger partial charge on any atom is 0.0889 e. The maximum atomic E-state index is 9.36. The second kappa shape index (κ2) is 5.72. The fourth-order valence-electron chi connectivity index (χ4n) is 2.22. The fraction of sp³-hybridized carbons (Fsp3) is 0.118. The lowest BCUT2D eigenvalue weighted by Gasteiger charge is -2.08. The lowest BCUT2D eigenvalue weighted by molar-refractivity contribution is 0.276. The highest BCUT2D eigenvalue weighted by atomic mass is 35.5. The summed E-state index contributed by atoms with van der Waals surface area (Å²) in [5.74, 6) is 0. The van der Waals surface area contributed by atoms with E-state index in [0.717, 1.165) is 16.9 Å². The summed E-state index contributed by atoms with van der Waals surface area (Å²) in [7, 11) is 0. The van der Waals surface area contributed by atoms with Crippen molar-refractivity contribution in [3.8, 4) is 16.9 Å². The van der Waals surface area contributed by atoms with Crippen LogP contribution in [0.25, 0.3) is 16.9 Å². The van der Waals surface area contributed by atoms with E-state index in [1.807, 2.05) is 35.0 Å². The van der Waals surface area contributed by atoms with Gasteiger partial charge in [0.25, 0.3) is 0 Å². The second-order valence-corrected chi connectivity index (χ2v) is 5.37. The first-order valence-electron chi connectivity index (χ1n) is 6.70. The molecule has 1 heterocycles. The summed E-state index contributed by atoms with van der Waals surface area (Å²) in [4.78, 5) is 0. The van der Waals surface area contributed by atoms with Crippen molar-refractivity contribution >= 4 is 11.6 Å². The molecule has 0 bridgehead atoms. The number of aliphatic hydroxyl groups excluding tert-OH is 1.